The molecule has 2 nitrogen and oxygen atoms in total. The van der Waals surface area contributed by atoms with E-state index in [1.165, 1.54) is 0 Å². The molecule has 82 valence electrons. The first-order chi connectivity index (χ1) is 7.04. The highest BCUT2D eigenvalue weighted by atomic mass is 79.9. The maximum Gasteiger partial charge on any atom is 0.224 e. The second kappa shape index (κ2) is 6.01. The molecule has 1 aromatic rings. The second-order valence-corrected chi connectivity index (χ2v) is 5.67. The first-order valence-corrected chi connectivity index (χ1v) is 6.87. The number of carbonyl (C=O) groups excluding carboxylic acids is 1. The van der Waals surface area contributed by atoms with Gasteiger partial charge in [-0.25, -0.2) is 0 Å². The average molecular weight is 400 g/mol. The van der Waals surface area contributed by atoms with Gasteiger partial charge in [0.2, 0.25) is 5.91 Å². The molecular formula is C10H10Br3NO. The van der Waals surface area contributed by atoms with E-state index >= 15 is 0 Å². The number of hydrogen-bond donors (Lipinski definition) is 1. The maximum atomic E-state index is 11.4. The Morgan fingerprint density at radius 2 is 1.80 bits per heavy atom. The fourth-order valence-electron chi connectivity index (χ4n) is 1.09. The lowest BCUT2D eigenvalue weighted by molar-refractivity contribution is -0.116. The van der Waals surface area contributed by atoms with Crippen LogP contribution < -0.4 is 5.32 Å². The number of amides is 1. The SMILES string of the molecule is CCCC(=O)Nc1c(Br)cc(Br)cc1Br. The Labute approximate surface area is 114 Å². The fourth-order valence-corrected chi connectivity index (χ4v) is 3.55. The van der Waals surface area contributed by atoms with Crippen LogP contribution in [0.25, 0.3) is 0 Å². The zero-order valence-electron chi connectivity index (χ0n) is 8.11. The quantitative estimate of drug-likeness (QED) is 0.783. The van der Waals surface area contributed by atoms with Crippen LogP contribution in [0.2, 0.25) is 0 Å². The van der Waals surface area contributed by atoms with Crippen LogP contribution in [0.5, 0.6) is 0 Å². The molecule has 0 heterocycles. The van der Waals surface area contributed by atoms with Crippen LogP contribution in [-0.4, -0.2) is 5.91 Å². The lowest BCUT2D eigenvalue weighted by Crippen LogP contribution is -2.11. The summed E-state index contributed by atoms with van der Waals surface area (Å²) in [5.74, 6) is 0.0289. The molecule has 0 radical (unpaired) electrons. The molecule has 0 saturated heterocycles. The molecule has 1 rings (SSSR count). The molecule has 1 aromatic carbocycles. The average Bonchev–Trinajstić information content (AvgIpc) is 2.11. The highest BCUT2D eigenvalue weighted by molar-refractivity contribution is 9.11. The van der Waals surface area contributed by atoms with Gasteiger partial charge in [0.15, 0.2) is 0 Å². The van der Waals surface area contributed by atoms with E-state index in [2.05, 4.69) is 53.1 Å². The zero-order chi connectivity index (χ0) is 11.4. The van der Waals surface area contributed by atoms with Crippen molar-refractivity contribution >= 4 is 59.4 Å². The lowest BCUT2D eigenvalue weighted by atomic mass is 10.3. The van der Waals surface area contributed by atoms with Crippen LogP contribution in [0, 0.1) is 0 Å². The van der Waals surface area contributed by atoms with Gasteiger partial charge in [-0.2, -0.15) is 0 Å². The molecule has 0 fully saturated rings. The second-order valence-electron chi connectivity index (χ2n) is 3.04. The summed E-state index contributed by atoms with van der Waals surface area (Å²) >= 11 is 10.2. The Bertz CT molecular complexity index is 356. The molecule has 5 heteroatoms. The molecule has 1 N–H and O–H groups in total. The van der Waals surface area contributed by atoms with Crippen molar-refractivity contribution in [3.63, 3.8) is 0 Å². The van der Waals surface area contributed by atoms with E-state index in [0.29, 0.717) is 6.42 Å². The lowest BCUT2D eigenvalue weighted by Gasteiger charge is -2.09. The highest BCUT2D eigenvalue weighted by Crippen LogP contribution is 2.34. The Balaban J connectivity index is 2.90. The van der Waals surface area contributed by atoms with Gasteiger partial charge in [-0.15, -0.1) is 0 Å². The van der Waals surface area contributed by atoms with E-state index < -0.39 is 0 Å². The molecule has 0 aliphatic carbocycles. The summed E-state index contributed by atoms with van der Waals surface area (Å²) < 4.78 is 2.66. The molecule has 0 atom stereocenters. The van der Waals surface area contributed by atoms with Gasteiger partial charge < -0.3 is 5.32 Å². The van der Waals surface area contributed by atoms with Crippen LogP contribution >= 0.6 is 47.8 Å². The normalized spacial score (nSPS) is 10.1. The Kier molecular flexibility index (Phi) is 5.29. The summed E-state index contributed by atoms with van der Waals surface area (Å²) in [6.07, 6.45) is 1.38. The van der Waals surface area contributed by atoms with E-state index in [9.17, 15) is 4.79 Å². The van der Waals surface area contributed by atoms with E-state index in [1.807, 2.05) is 19.1 Å². The van der Waals surface area contributed by atoms with E-state index in [1.54, 1.807) is 0 Å². The van der Waals surface area contributed by atoms with Crippen LogP contribution in [0.1, 0.15) is 19.8 Å². The van der Waals surface area contributed by atoms with E-state index in [0.717, 1.165) is 25.5 Å². The zero-order valence-corrected chi connectivity index (χ0v) is 12.9. The van der Waals surface area contributed by atoms with Gasteiger partial charge in [0.1, 0.15) is 0 Å². The van der Waals surface area contributed by atoms with Crippen molar-refractivity contribution < 1.29 is 4.79 Å². The number of nitrogens with one attached hydrogen (secondary N) is 1. The minimum atomic E-state index is 0.0289. The Hall–Kier alpha value is 0.130. The summed E-state index contributed by atoms with van der Waals surface area (Å²) in [5, 5.41) is 2.85. The summed E-state index contributed by atoms with van der Waals surface area (Å²) in [6, 6.07) is 3.79. The van der Waals surface area contributed by atoms with Crippen molar-refractivity contribution in [1.82, 2.24) is 0 Å². The molecule has 0 aromatic heterocycles. The number of benzene rings is 1. The first-order valence-electron chi connectivity index (χ1n) is 4.49. The third-order valence-corrected chi connectivity index (χ3v) is 3.46. The molecule has 0 spiro atoms. The smallest absolute Gasteiger partial charge is 0.224 e. The van der Waals surface area contributed by atoms with Gasteiger partial charge in [0.05, 0.1) is 5.69 Å². The molecule has 0 saturated carbocycles. The van der Waals surface area contributed by atoms with Gasteiger partial charge >= 0.3 is 0 Å². The van der Waals surface area contributed by atoms with Gasteiger partial charge in [0, 0.05) is 19.8 Å². The Morgan fingerprint density at radius 1 is 1.27 bits per heavy atom. The maximum absolute atomic E-state index is 11.4. The van der Waals surface area contributed by atoms with Crippen molar-refractivity contribution in [2.24, 2.45) is 0 Å². The Morgan fingerprint density at radius 3 is 2.27 bits per heavy atom. The number of anilines is 1. The van der Waals surface area contributed by atoms with Gasteiger partial charge in [-0.1, -0.05) is 22.9 Å². The molecule has 0 bridgehead atoms. The van der Waals surface area contributed by atoms with Crippen LogP contribution in [0.15, 0.2) is 25.6 Å². The molecule has 1 amide bonds. The van der Waals surface area contributed by atoms with Gasteiger partial charge in [-0.05, 0) is 50.4 Å². The van der Waals surface area contributed by atoms with Gasteiger partial charge in [-0.3, -0.25) is 4.79 Å². The molecule has 15 heavy (non-hydrogen) atoms. The summed E-state index contributed by atoms with van der Waals surface area (Å²) in [4.78, 5) is 11.4. The number of rotatable bonds is 3. The molecule has 0 aliphatic heterocycles. The fraction of sp³-hybridized carbons (Fsp3) is 0.300. The molecule has 0 unspecified atom stereocenters. The largest absolute Gasteiger partial charge is 0.324 e. The predicted octanol–water partition coefficient (Wildman–Crippen LogP) is 4.71. The van der Waals surface area contributed by atoms with Crippen molar-refractivity contribution in [1.29, 1.82) is 0 Å². The molecule has 0 aliphatic rings. The number of carbonyl (C=O) groups is 1. The monoisotopic (exact) mass is 397 g/mol. The standard InChI is InChI=1S/C10H10Br3NO/c1-2-3-9(15)14-10-7(12)4-6(11)5-8(10)13/h4-5H,2-3H2,1H3,(H,14,15). The predicted molar refractivity (Wildman–Crippen MR) is 73.1 cm³/mol. The topological polar surface area (TPSA) is 29.1 Å². The van der Waals surface area contributed by atoms with Crippen molar-refractivity contribution in [3.05, 3.63) is 25.6 Å². The number of halogens is 3. The van der Waals surface area contributed by atoms with Crippen molar-refractivity contribution in [2.75, 3.05) is 5.32 Å². The summed E-state index contributed by atoms with van der Waals surface area (Å²) in [6.45, 7) is 1.98. The van der Waals surface area contributed by atoms with Gasteiger partial charge in [0.25, 0.3) is 0 Å². The van der Waals surface area contributed by atoms with Crippen molar-refractivity contribution in [3.8, 4) is 0 Å². The van der Waals surface area contributed by atoms with Crippen LogP contribution in [0.3, 0.4) is 0 Å². The number of hydrogen-bond acceptors (Lipinski definition) is 1. The summed E-state index contributed by atoms with van der Waals surface area (Å²) in [7, 11) is 0. The van der Waals surface area contributed by atoms with E-state index in [4.69, 9.17) is 0 Å². The van der Waals surface area contributed by atoms with Crippen LogP contribution in [-0.2, 0) is 4.79 Å². The highest BCUT2D eigenvalue weighted by Gasteiger charge is 2.09. The third-order valence-electron chi connectivity index (χ3n) is 1.75. The van der Waals surface area contributed by atoms with Crippen molar-refractivity contribution in [2.45, 2.75) is 19.8 Å². The minimum Gasteiger partial charge on any atom is -0.324 e. The minimum absolute atomic E-state index is 0.0289. The third kappa shape index (κ3) is 3.89. The van der Waals surface area contributed by atoms with Crippen LogP contribution in [0.4, 0.5) is 5.69 Å². The van der Waals surface area contributed by atoms with E-state index in [-0.39, 0.29) is 5.91 Å². The molecular weight excluding hydrogens is 390 g/mol. The first kappa shape index (κ1) is 13.2. The summed E-state index contributed by atoms with van der Waals surface area (Å²) in [5.41, 5.74) is 0.775.